The van der Waals surface area contributed by atoms with E-state index in [1.165, 1.54) is 6.07 Å². The number of hydrogen-bond acceptors (Lipinski definition) is 3. The fourth-order valence-corrected chi connectivity index (χ4v) is 2.71. The lowest BCUT2D eigenvalue weighted by atomic mass is 10.1. The SMILES string of the molecule is O=C(NCC1CN(Cc2ccccc2)C(=O)CO1)c1ccc(F)c(F)c1. The van der Waals surface area contributed by atoms with Crippen molar-refractivity contribution in [3.05, 3.63) is 71.3 Å². The van der Waals surface area contributed by atoms with E-state index in [0.717, 1.165) is 17.7 Å². The van der Waals surface area contributed by atoms with Crippen LogP contribution >= 0.6 is 0 Å². The van der Waals surface area contributed by atoms with Gasteiger partial charge in [0.2, 0.25) is 5.91 Å². The highest BCUT2D eigenvalue weighted by Crippen LogP contribution is 2.12. The molecular weight excluding hydrogens is 342 g/mol. The largest absolute Gasteiger partial charge is 0.365 e. The third kappa shape index (κ3) is 4.43. The normalized spacial score (nSPS) is 17.2. The minimum absolute atomic E-state index is 0.0249. The molecule has 2 aromatic rings. The second-order valence-corrected chi connectivity index (χ2v) is 6.03. The first-order valence-electron chi connectivity index (χ1n) is 8.19. The minimum Gasteiger partial charge on any atom is -0.365 e. The first-order chi connectivity index (χ1) is 12.5. The maximum Gasteiger partial charge on any atom is 0.251 e. The molecule has 1 fully saturated rings. The van der Waals surface area contributed by atoms with E-state index >= 15 is 0 Å². The molecule has 1 N–H and O–H groups in total. The summed E-state index contributed by atoms with van der Waals surface area (Å²) in [6.07, 6.45) is -0.370. The lowest BCUT2D eigenvalue weighted by Gasteiger charge is -2.33. The van der Waals surface area contributed by atoms with Crippen LogP contribution in [0.1, 0.15) is 15.9 Å². The summed E-state index contributed by atoms with van der Waals surface area (Å²) in [5.74, 6) is -2.73. The van der Waals surface area contributed by atoms with E-state index in [9.17, 15) is 18.4 Å². The second kappa shape index (κ2) is 8.05. The number of morpholine rings is 1. The Kier molecular flexibility index (Phi) is 5.58. The maximum atomic E-state index is 13.2. The predicted octanol–water partition coefficient (Wildman–Crippen LogP) is 2.12. The number of carbonyl (C=O) groups is 2. The van der Waals surface area contributed by atoms with Crippen LogP contribution in [0.15, 0.2) is 48.5 Å². The van der Waals surface area contributed by atoms with Gasteiger partial charge in [-0.1, -0.05) is 30.3 Å². The predicted molar refractivity (Wildman–Crippen MR) is 90.3 cm³/mol. The molecule has 26 heavy (non-hydrogen) atoms. The van der Waals surface area contributed by atoms with Gasteiger partial charge in [-0.2, -0.15) is 0 Å². The molecule has 7 heteroatoms. The Labute approximate surface area is 149 Å². The summed E-state index contributed by atoms with van der Waals surface area (Å²) in [6.45, 7) is 0.914. The molecule has 136 valence electrons. The maximum absolute atomic E-state index is 13.2. The van der Waals surface area contributed by atoms with E-state index in [2.05, 4.69) is 5.32 Å². The monoisotopic (exact) mass is 360 g/mol. The fourth-order valence-electron chi connectivity index (χ4n) is 2.71. The molecule has 1 saturated heterocycles. The van der Waals surface area contributed by atoms with E-state index in [0.29, 0.717) is 13.1 Å². The first kappa shape index (κ1) is 18.0. The van der Waals surface area contributed by atoms with Crippen molar-refractivity contribution in [3.63, 3.8) is 0 Å². The number of amides is 2. The van der Waals surface area contributed by atoms with Crippen LogP contribution in [-0.2, 0) is 16.1 Å². The number of nitrogens with zero attached hydrogens (tertiary/aromatic N) is 1. The quantitative estimate of drug-likeness (QED) is 0.889. The summed E-state index contributed by atoms with van der Waals surface area (Å²) in [7, 11) is 0. The molecule has 2 amide bonds. The minimum atomic E-state index is -1.08. The van der Waals surface area contributed by atoms with Crippen molar-refractivity contribution in [2.45, 2.75) is 12.6 Å². The molecule has 0 aliphatic carbocycles. The van der Waals surface area contributed by atoms with Crippen LogP contribution in [0.5, 0.6) is 0 Å². The fraction of sp³-hybridized carbons (Fsp3) is 0.263. The van der Waals surface area contributed by atoms with Crippen LogP contribution < -0.4 is 5.32 Å². The molecule has 0 aromatic heterocycles. The van der Waals surface area contributed by atoms with Crippen molar-refractivity contribution in [2.24, 2.45) is 0 Å². The zero-order valence-electron chi connectivity index (χ0n) is 14.0. The van der Waals surface area contributed by atoms with Gasteiger partial charge in [0.1, 0.15) is 6.61 Å². The third-order valence-electron chi connectivity index (χ3n) is 4.11. The molecule has 0 radical (unpaired) electrons. The molecule has 3 rings (SSSR count). The van der Waals surface area contributed by atoms with Crippen molar-refractivity contribution in [1.82, 2.24) is 10.2 Å². The molecule has 0 saturated carbocycles. The van der Waals surface area contributed by atoms with Gasteiger partial charge in [-0.3, -0.25) is 9.59 Å². The van der Waals surface area contributed by atoms with Gasteiger partial charge in [-0.05, 0) is 23.8 Å². The van der Waals surface area contributed by atoms with Crippen molar-refractivity contribution < 1.29 is 23.1 Å². The highest BCUT2D eigenvalue weighted by atomic mass is 19.2. The Morgan fingerprint density at radius 2 is 1.92 bits per heavy atom. The highest BCUT2D eigenvalue weighted by molar-refractivity contribution is 5.94. The Bertz CT molecular complexity index is 799. The van der Waals surface area contributed by atoms with Crippen molar-refractivity contribution in [3.8, 4) is 0 Å². The van der Waals surface area contributed by atoms with Gasteiger partial charge < -0.3 is 15.0 Å². The van der Waals surface area contributed by atoms with Gasteiger partial charge >= 0.3 is 0 Å². The van der Waals surface area contributed by atoms with Crippen molar-refractivity contribution >= 4 is 11.8 Å². The molecule has 0 bridgehead atoms. The lowest BCUT2D eigenvalue weighted by Crippen LogP contribution is -2.50. The number of rotatable bonds is 5. The Morgan fingerprint density at radius 3 is 2.65 bits per heavy atom. The van der Waals surface area contributed by atoms with Gasteiger partial charge in [0.25, 0.3) is 5.91 Å². The standard InChI is InChI=1S/C19H18F2N2O3/c20-16-7-6-14(8-17(16)21)19(25)22-9-15-11-23(18(24)12-26-15)10-13-4-2-1-3-5-13/h1-8,15H,9-12H2,(H,22,25). The molecular formula is C19H18F2N2O3. The molecule has 1 atom stereocenters. The number of benzene rings is 2. The lowest BCUT2D eigenvalue weighted by molar-refractivity contribution is -0.149. The van der Waals surface area contributed by atoms with Crippen LogP contribution in [0.3, 0.4) is 0 Å². The van der Waals surface area contributed by atoms with Crippen LogP contribution in [-0.4, -0.2) is 42.5 Å². The summed E-state index contributed by atoms with van der Waals surface area (Å²) in [5.41, 5.74) is 1.03. The molecule has 5 nitrogen and oxygen atoms in total. The molecule has 1 aliphatic rings. The molecule has 1 aliphatic heterocycles. The average molecular weight is 360 g/mol. The summed E-state index contributed by atoms with van der Waals surface area (Å²) in [5, 5.41) is 2.62. The highest BCUT2D eigenvalue weighted by Gasteiger charge is 2.26. The number of carbonyl (C=O) groups excluding carboxylic acids is 2. The van der Waals surface area contributed by atoms with Gasteiger partial charge in [-0.15, -0.1) is 0 Å². The van der Waals surface area contributed by atoms with Crippen molar-refractivity contribution in [2.75, 3.05) is 19.7 Å². The Balaban J connectivity index is 1.55. The Hall–Kier alpha value is -2.80. The molecule has 2 aromatic carbocycles. The van der Waals surface area contributed by atoms with E-state index in [-0.39, 0.29) is 30.7 Å². The van der Waals surface area contributed by atoms with E-state index < -0.39 is 17.5 Å². The first-order valence-corrected chi connectivity index (χ1v) is 8.19. The summed E-state index contributed by atoms with van der Waals surface area (Å²) < 4.78 is 31.6. The number of halogens is 2. The molecule has 0 spiro atoms. The van der Waals surface area contributed by atoms with Crippen LogP contribution in [0, 0.1) is 11.6 Å². The van der Waals surface area contributed by atoms with Gasteiger partial charge in [0.05, 0.1) is 6.10 Å². The number of nitrogens with one attached hydrogen (secondary N) is 1. The zero-order valence-corrected chi connectivity index (χ0v) is 14.0. The van der Waals surface area contributed by atoms with Crippen LogP contribution in [0.4, 0.5) is 8.78 Å². The van der Waals surface area contributed by atoms with E-state index in [4.69, 9.17) is 4.74 Å². The van der Waals surface area contributed by atoms with Crippen LogP contribution in [0.25, 0.3) is 0 Å². The van der Waals surface area contributed by atoms with E-state index in [1.807, 2.05) is 30.3 Å². The van der Waals surface area contributed by atoms with E-state index in [1.54, 1.807) is 4.90 Å². The van der Waals surface area contributed by atoms with Crippen LogP contribution in [0.2, 0.25) is 0 Å². The zero-order chi connectivity index (χ0) is 18.5. The topological polar surface area (TPSA) is 58.6 Å². The smallest absolute Gasteiger partial charge is 0.251 e. The second-order valence-electron chi connectivity index (χ2n) is 6.03. The summed E-state index contributed by atoms with van der Waals surface area (Å²) in [4.78, 5) is 25.7. The average Bonchev–Trinajstić information content (AvgIpc) is 2.65. The third-order valence-corrected chi connectivity index (χ3v) is 4.11. The Morgan fingerprint density at radius 1 is 1.15 bits per heavy atom. The van der Waals surface area contributed by atoms with Gasteiger partial charge in [0.15, 0.2) is 11.6 Å². The van der Waals surface area contributed by atoms with Gasteiger partial charge in [-0.25, -0.2) is 8.78 Å². The molecule has 1 heterocycles. The molecule has 1 unspecified atom stereocenters. The van der Waals surface area contributed by atoms with Gasteiger partial charge in [0, 0.05) is 25.2 Å². The van der Waals surface area contributed by atoms with Crippen molar-refractivity contribution in [1.29, 1.82) is 0 Å². The summed E-state index contributed by atoms with van der Waals surface area (Å²) >= 11 is 0. The number of hydrogen-bond donors (Lipinski definition) is 1. The number of ether oxygens (including phenoxy) is 1. The summed E-state index contributed by atoms with van der Waals surface area (Å²) in [6, 6.07) is 12.5.